The first-order valence-corrected chi connectivity index (χ1v) is 7.55. The van der Waals surface area contributed by atoms with Gasteiger partial charge in [0.15, 0.2) is 11.4 Å². The molecule has 2 rings (SSSR count). The van der Waals surface area contributed by atoms with Crippen LogP contribution in [-0.4, -0.2) is 40.8 Å². The quantitative estimate of drug-likeness (QED) is 0.821. The molecule has 0 spiro atoms. The first-order valence-electron chi connectivity index (χ1n) is 6.38. The average Bonchev–Trinajstić information content (AvgIpc) is 2.48. The van der Waals surface area contributed by atoms with Crippen molar-refractivity contribution in [3.05, 3.63) is 21.4 Å². The number of hydrogen-bond donors (Lipinski definition) is 1. The summed E-state index contributed by atoms with van der Waals surface area (Å²) in [6.45, 7) is 1.34. The van der Waals surface area contributed by atoms with Crippen molar-refractivity contribution in [3.63, 3.8) is 0 Å². The highest BCUT2D eigenvalue weighted by molar-refractivity contribution is 9.10. The summed E-state index contributed by atoms with van der Waals surface area (Å²) in [5, 5.41) is 18.2. The Morgan fingerprint density at radius 1 is 1.71 bits per heavy atom. The predicted octanol–water partition coefficient (Wildman–Crippen LogP) is 3.14. The Balaban J connectivity index is 2.01. The highest BCUT2D eigenvalue weighted by Gasteiger charge is 2.24. The molecule has 6 nitrogen and oxygen atoms in total. The summed E-state index contributed by atoms with van der Waals surface area (Å²) >= 11 is 9.07. The van der Waals surface area contributed by atoms with Crippen LogP contribution < -0.4 is 4.74 Å². The monoisotopic (exact) mass is 373 g/mol. The zero-order valence-corrected chi connectivity index (χ0v) is 13.4. The van der Waals surface area contributed by atoms with Crippen molar-refractivity contribution < 1.29 is 14.6 Å². The van der Waals surface area contributed by atoms with Crippen molar-refractivity contribution >= 4 is 33.6 Å². The third-order valence-corrected chi connectivity index (χ3v) is 4.39. The highest BCUT2D eigenvalue weighted by atomic mass is 79.9. The van der Waals surface area contributed by atoms with Gasteiger partial charge in [0.05, 0.1) is 11.1 Å². The lowest BCUT2D eigenvalue weighted by Crippen LogP contribution is -2.40. The van der Waals surface area contributed by atoms with E-state index in [0.29, 0.717) is 29.9 Å². The van der Waals surface area contributed by atoms with Crippen LogP contribution in [0.5, 0.6) is 5.75 Å². The second-order valence-electron chi connectivity index (χ2n) is 4.77. The molecular weight excluding hydrogens is 362 g/mol. The molecule has 0 saturated carbocycles. The van der Waals surface area contributed by atoms with E-state index < -0.39 is 6.09 Å². The Morgan fingerprint density at radius 3 is 3.14 bits per heavy atom. The molecule has 1 aliphatic heterocycles. The van der Waals surface area contributed by atoms with E-state index in [9.17, 15) is 4.79 Å². The van der Waals surface area contributed by atoms with Crippen molar-refractivity contribution in [1.29, 1.82) is 5.26 Å². The lowest BCUT2D eigenvalue weighted by Gasteiger charge is -2.30. The first-order chi connectivity index (χ1) is 10.0. The smallest absolute Gasteiger partial charge is 0.407 e. The topological polar surface area (TPSA) is 86.5 Å². The van der Waals surface area contributed by atoms with Crippen molar-refractivity contribution in [2.75, 3.05) is 19.7 Å². The summed E-state index contributed by atoms with van der Waals surface area (Å²) in [5.74, 6) is 0.456. The van der Waals surface area contributed by atoms with Crippen LogP contribution in [0.3, 0.4) is 0 Å². The van der Waals surface area contributed by atoms with Gasteiger partial charge in [0, 0.05) is 25.1 Å². The summed E-state index contributed by atoms with van der Waals surface area (Å²) in [5.41, 5.74) is 0.120. The number of likely N-dealkylation sites (tertiary alicyclic amines) is 1. The van der Waals surface area contributed by atoms with Crippen LogP contribution in [0.1, 0.15) is 18.5 Å². The van der Waals surface area contributed by atoms with Gasteiger partial charge >= 0.3 is 6.09 Å². The van der Waals surface area contributed by atoms with Gasteiger partial charge in [-0.15, -0.1) is 0 Å². The molecule has 112 valence electrons. The van der Waals surface area contributed by atoms with E-state index in [1.165, 1.54) is 4.90 Å². The predicted molar refractivity (Wildman–Crippen MR) is 79.5 cm³/mol. The van der Waals surface area contributed by atoms with Crippen molar-refractivity contribution in [2.24, 2.45) is 5.92 Å². The number of aromatic nitrogens is 1. The van der Waals surface area contributed by atoms with Crippen LogP contribution in [-0.2, 0) is 0 Å². The Labute approximate surface area is 135 Å². The molecule has 0 aliphatic carbocycles. The largest absolute Gasteiger partial charge is 0.490 e. The van der Waals surface area contributed by atoms with Gasteiger partial charge in [-0.2, -0.15) is 5.26 Å². The van der Waals surface area contributed by atoms with Crippen molar-refractivity contribution in [2.45, 2.75) is 12.8 Å². The second-order valence-corrected chi connectivity index (χ2v) is 5.98. The Morgan fingerprint density at radius 2 is 2.48 bits per heavy atom. The number of piperidine rings is 1. The lowest BCUT2D eigenvalue weighted by atomic mass is 9.99. The minimum atomic E-state index is -0.909. The van der Waals surface area contributed by atoms with Crippen LogP contribution in [0.4, 0.5) is 4.79 Å². The number of ether oxygens (including phenoxy) is 1. The van der Waals surface area contributed by atoms with Crippen LogP contribution in [0.15, 0.2) is 10.5 Å². The normalized spacial score (nSPS) is 18.1. The van der Waals surface area contributed by atoms with Gasteiger partial charge in [-0.05, 0) is 28.8 Å². The van der Waals surface area contributed by atoms with Crippen LogP contribution in [0, 0.1) is 17.2 Å². The lowest BCUT2D eigenvalue weighted by molar-refractivity contribution is 0.104. The summed E-state index contributed by atoms with van der Waals surface area (Å²) < 4.78 is 6.19. The maximum absolute atomic E-state index is 11.0. The minimum absolute atomic E-state index is 0.107. The number of carboxylic acid groups (broad SMARTS) is 1. The molecule has 1 amide bonds. The number of nitrogens with zero attached hydrogens (tertiary/aromatic N) is 3. The van der Waals surface area contributed by atoms with E-state index in [1.54, 1.807) is 6.07 Å². The molecule has 1 aliphatic rings. The molecule has 1 fully saturated rings. The van der Waals surface area contributed by atoms with Gasteiger partial charge in [0.1, 0.15) is 11.2 Å². The van der Waals surface area contributed by atoms with E-state index in [0.717, 1.165) is 12.8 Å². The van der Waals surface area contributed by atoms with Crippen LogP contribution in [0.25, 0.3) is 0 Å². The average molecular weight is 375 g/mol. The fourth-order valence-corrected chi connectivity index (χ4v) is 2.66. The molecule has 1 N–H and O–H groups in total. The van der Waals surface area contributed by atoms with E-state index in [-0.39, 0.29) is 16.8 Å². The molecule has 0 aromatic carbocycles. The zero-order chi connectivity index (χ0) is 15.4. The number of pyridine rings is 1. The maximum Gasteiger partial charge on any atom is 0.407 e. The van der Waals surface area contributed by atoms with E-state index >= 15 is 0 Å². The molecule has 21 heavy (non-hydrogen) atoms. The molecule has 8 heteroatoms. The number of carbonyl (C=O) groups is 1. The number of nitriles is 1. The molecule has 1 saturated heterocycles. The molecule has 1 aromatic heterocycles. The van der Waals surface area contributed by atoms with E-state index in [1.807, 2.05) is 6.07 Å². The Bertz CT molecular complexity index is 591. The maximum atomic E-state index is 11.0. The van der Waals surface area contributed by atoms with Crippen molar-refractivity contribution in [3.8, 4) is 11.8 Å². The SMILES string of the molecule is N#Cc1nc(Cl)c(Br)cc1OC[C@@H]1CCCN(C(=O)O)C1. The first kappa shape index (κ1) is 15.9. The summed E-state index contributed by atoms with van der Waals surface area (Å²) in [6.07, 6.45) is 0.801. The molecule has 1 aromatic rings. The fraction of sp³-hybridized carbons (Fsp3) is 0.462. The van der Waals surface area contributed by atoms with E-state index in [4.69, 9.17) is 26.7 Å². The van der Waals surface area contributed by atoms with Gasteiger partial charge < -0.3 is 14.7 Å². The van der Waals surface area contributed by atoms with Crippen LogP contribution >= 0.6 is 27.5 Å². The number of halogens is 2. The molecule has 1 atom stereocenters. The van der Waals surface area contributed by atoms with Crippen molar-refractivity contribution in [1.82, 2.24) is 9.88 Å². The summed E-state index contributed by atoms with van der Waals surface area (Å²) in [4.78, 5) is 16.3. The molecule has 0 unspecified atom stereocenters. The number of amides is 1. The van der Waals surface area contributed by atoms with Gasteiger partial charge in [-0.1, -0.05) is 11.6 Å². The molecule has 0 radical (unpaired) electrons. The van der Waals surface area contributed by atoms with Gasteiger partial charge in [-0.3, -0.25) is 0 Å². The third-order valence-electron chi connectivity index (χ3n) is 3.27. The summed E-state index contributed by atoms with van der Waals surface area (Å²) in [7, 11) is 0. The number of rotatable bonds is 3. The summed E-state index contributed by atoms with van der Waals surface area (Å²) in [6, 6.07) is 3.54. The second kappa shape index (κ2) is 6.96. The molecule has 2 heterocycles. The highest BCUT2D eigenvalue weighted by Crippen LogP contribution is 2.28. The number of hydrogen-bond acceptors (Lipinski definition) is 4. The Kier molecular flexibility index (Phi) is 5.26. The minimum Gasteiger partial charge on any atom is -0.490 e. The Hall–Kier alpha value is -1.52. The van der Waals surface area contributed by atoms with Gasteiger partial charge in [0.25, 0.3) is 0 Å². The molecular formula is C13H13BrClN3O3. The zero-order valence-electron chi connectivity index (χ0n) is 11.1. The third kappa shape index (κ3) is 3.99. The van der Waals surface area contributed by atoms with Gasteiger partial charge in [0.2, 0.25) is 0 Å². The van der Waals surface area contributed by atoms with Gasteiger partial charge in [-0.25, -0.2) is 9.78 Å². The molecule has 0 bridgehead atoms. The van der Waals surface area contributed by atoms with E-state index in [2.05, 4.69) is 20.9 Å². The van der Waals surface area contributed by atoms with Crippen LogP contribution in [0.2, 0.25) is 5.15 Å². The fourth-order valence-electron chi connectivity index (χ4n) is 2.22. The standard InChI is InChI=1S/C13H13BrClN3O3/c14-9-4-11(10(5-16)17-12(9)15)21-7-8-2-1-3-18(6-8)13(19)20/h4,8H,1-3,6-7H2,(H,19,20)/t8-/m1/s1.